The number of ether oxygens (including phenoxy) is 3. The molecule has 1 amide bonds. The van der Waals surface area contributed by atoms with Crippen molar-refractivity contribution in [1.82, 2.24) is 60.1 Å². The molecule has 1 unspecified atom stereocenters. The first kappa shape index (κ1) is 106. The molecule has 6 heterocycles. The second-order valence-corrected chi connectivity index (χ2v) is 35.2. The Kier molecular flexibility index (Phi) is 40.4. The zero-order valence-corrected chi connectivity index (χ0v) is 82.6. The fourth-order valence-electron chi connectivity index (χ4n) is 14.3. The monoisotopic (exact) mass is 1890 g/mol. The fraction of sp³-hybridized carbons (Fsp3) is 0.241. The molecule has 9 aromatic carbocycles. The molecule has 7 N–H and O–H groups in total. The van der Waals surface area contributed by atoms with Crippen LogP contribution in [0.3, 0.4) is 0 Å². The molecule has 28 heteroatoms. The molecular formula is C112H125N21O6S. The number of amidine groups is 1. The first-order valence-corrected chi connectivity index (χ1v) is 47.1. The van der Waals surface area contributed by atoms with Crippen molar-refractivity contribution in [1.29, 1.82) is 0 Å². The van der Waals surface area contributed by atoms with E-state index in [-0.39, 0.29) is 42.5 Å². The Hall–Kier alpha value is -16.1. The highest BCUT2D eigenvalue weighted by Gasteiger charge is 2.23. The van der Waals surface area contributed by atoms with Crippen molar-refractivity contribution in [3.05, 3.63) is 415 Å². The summed E-state index contributed by atoms with van der Waals surface area (Å²) in [6.45, 7) is 30.8. The maximum absolute atomic E-state index is 13.3. The third-order valence-corrected chi connectivity index (χ3v) is 22.3. The van der Waals surface area contributed by atoms with Gasteiger partial charge in [0.1, 0.15) is 53.8 Å². The number of hydrogen-bond donors (Lipinski definition) is 5. The highest BCUT2D eigenvalue weighted by atomic mass is 32.2. The number of nitrogens with one attached hydrogen (secondary N) is 3. The molecule has 140 heavy (non-hydrogen) atoms. The largest absolute Gasteiger partial charge is 0.497 e. The summed E-state index contributed by atoms with van der Waals surface area (Å²) < 4.78 is 47.5. The van der Waals surface area contributed by atoms with Gasteiger partial charge in [-0.05, 0) is 258 Å². The van der Waals surface area contributed by atoms with Gasteiger partial charge >= 0.3 is 0 Å². The van der Waals surface area contributed by atoms with Gasteiger partial charge in [0.25, 0.3) is 16.0 Å². The van der Waals surface area contributed by atoms with E-state index in [2.05, 4.69) is 148 Å². The van der Waals surface area contributed by atoms with Gasteiger partial charge in [-0.3, -0.25) is 20.1 Å². The maximum Gasteiger partial charge on any atom is 0.282 e. The predicted molar refractivity (Wildman–Crippen MR) is 563 cm³/mol. The first-order chi connectivity index (χ1) is 66.8. The van der Waals surface area contributed by atoms with Crippen LogP contribution in [-0.2, 0) is 66.7 Å². The Labute approximate surface area is 823 Å². The van der Waals surface area contributed by atoms with Gasteiger partial charge in [-0.15, -0.1) is 0 Å². The van der Waals surface area contributed by atoms with Crippen LogP contribution >= 0.6 is 0 Å². The number of sulfonamides is 1. The van der Waals surface area contributed by atoms with E-state index in [9.17, 15) is 13.2 Å². The number of aryl methyl sites for hydroxylation is 14. The van der Waals surface area contributed by atoms with E-state index in [1.165, 1.54) is 22.3 Å². The average molecular weight is 1890 g/mol. The van der Waals surface area contributed by atoms with Crippen LogP contribution in [0.1, 0.15) is 157 Å². The van der Waals surface area contributed by atoms with E-state index >= 15 is 0 Å². The number of carbonyl (C=O) groups excluding carboxylic acids is 1. The maximum atomic E-state index is 13.3. The van der Waals surface area contributed by atoms with Gasteiger partial charge in [0.15, 0.2) is 5.96 Å². The second kappa shape index (κ2) is 53.4. The van der Waals surface area contributed by atoms with Crippen LogP contribution in [-0.4, -0.2) is 105 Å². The van der Waals surface area contributed by atoms with E-state index in [4.69, 9.17) is 35.7 Å². The minimum atomic E-state index is -3.88. The number of guanidine groups is 2. The van der Waals surface area contributed by atoms with Crippen LogP contribution < -0.4 is 41.6 Å². The molecule has 15 aromatic rings. The number of methoxy groups -OCH3 is 1. The lowest BCUT2D eigenvalue weighted by atomic mass is 9.95. The highest BCUT2D eigenvalue weighted by Crippen LogP contribution is 2.26. The number of nitrogens with zero attached hydrogens (tertiary/aromatic N) is 16. The lowest BCUT2D eigenvalue weighted by Gasteiger charge is -2.17. The Balaban J connectivity index is 0.000000185. The number of aliphatic imine (C=N–C) groups is 4. The van der Waals surface area contributed by atoms with Gasteiger partial charge in [0, 0.05) is 112 Å². The number of aromatic nitrogens is 11. The van der Waals surface area contributed by atoms with Gasteiger partial charge in [-0.2, -0.15) is 17.8 Å². The van der Waals surface area contributed by atoms with Gasteiger partial charge in [-0.1, -0.05) is 188 Å². The summed E-state index contributed by atoms with van der Waals surface area (Å²) in [5.74, 6) is 5.82. The Morgan fingerprint density at radius 2 is 0.793 bits per heavy atom. The molecule has 0 aliphatic carbocycles. The molecule has 1 atom stereocenters. The molecule has 27 nitrogen and oxygen atoms in total. The second-order valence-electron chi connectivity index (χ2n) is 33.6. The van der Waals surface area contributed by atoms with Crippen LogP contribution in [0.2, 0.25) is 0 Å². The lowest BCUT2D eigenvalue weighted by molar-refractivity contribution is -0.121. The summed E-state index contributed by atoms with van der Waals surface area (Å²) in [6.07, 6.45) is 6.44. The lowest BCUT2D eigenvalue weighted by Crippen LogP contribution is -2.36. The summed E-state index contributed by atoms with van der Waals surface area (Å²) in [5, 5.41) is 8.95. The van der Waals surface area contributed by atoms with Gasteiger partial charge in [-0.25, -0.2) is 59.8 Å². The topological polar surface area (TPSA) is 371 Å². The number of hydrogen-bond acceptors (Lipinski definition) is 21. The van der Waals surface area contributed by atoms with E-state index in [0.29, 0.717) is 86.2 Å². The van der Waals surface area contributed by atoms with E-state index < -0.39 is 10.0 Å². The predicted octanol–water partition coefficient (Wildman–Crippen LogP) is 21.6. The minimum absolute atomic E-state index is 0. The third kappa shape index (κ3) is 36.8. The van der Waals surface area contributed by atoms with Crippen LogP contribution in [0.25, 0.3) is 0 Å². The molecule has 6 aromatic heterocycles. The molecule has 0 aliphatic heterocycles. The van der Waals surface area contributed by atoms with Crippen LogP contribution in [0.5, 0.6) is 17.2 Å². The van der Waals surface area contributed by atoms with Gasteiger partial charge in [0.2, 0.25) is 17.8 Å². The van der Waals surface area contributed by atoms with Crippen LogP contribution in [0.4, 0.5) is 29.0 Å². The fourth-order valence-corrected chi connectivity index (χ4v) is 15.4. The Morgan fingerprint density at radius 1 is 0.393 bits per heavy atom. The van der Waals surface area contributed by atoms with E-state index in [0.717, 1.165) is 137 Å². The molecule has 0 radical (unpaired) electrons. The SMILES string of the molecule is C.CCC(C(=O)NC(Cc1nc(C)cc(C)n1)=Nc1ccc(OCc2ccccc2)cc1)c1ccccc1.COc1ccc(N=C(Cc2ccc(C)cc2)Cc2nc(C)cc(C)n2)cc1.Cc1cc(C)nc(NC(N)=NCc2cccnc2)n1.Cc1ccc(COc2ccc(CC(Cc3nc(C)cc(C)n3)=NS(=O)(=O)c3ccc(C)cc3)cc2)cc1.Cc1ccc(NC(N)=Nc2nc(C)cc(C)n2)cc1. The molecule has 15 rings (SSSR count). The quantitative estimate of drug-likeness (QED) is 0.0215. The molecule has 0 saturated carbocycles. The van der Waals surface area contributed by atoms with Gasteiger partial charge in [0.05, 0.1) is 42.3 Å². The smallest absolute Gasteiger partial charge is 0.282 e. The Morgan fingerprint density at radius 3 is 1.27 bits per heavy atom. The van der Waals surface area contributed by atoms with Crippen molar-refractivity contribution in [2.45, 2.75) is 180 Å². The molecule has 0 fully saturated rings. The summed E-state index contributed by atoms with van der Waals surface area (Å²) in [6, 6.07) is 87.6. The van der Waals surface area contributed by atoms with Crippen molar-refractivity contribution >= 4 is 74.1 Å². The standard InChI is InChI=1S/C31H32N4O2.C30H31N3O3S.C23H25N3O.C14H17N5.C13H16N6.CH4/c1-4-28(25-13-9-6-10-14-25)31(36)35-30(20-29-32-22(2)19-23(3)33-29)34-26-15-17-27(18-16-26)37-21-24-11-7-5-8-12-24;1-21-5-9-26(10-6-21)20-36-28-13-11-25(12-14-28)18-27(19-30-31-23(3)17-24(4)32-30)33-37(34,35)29-15-7-22(2)8-16-29;1-16-5-7-19(8-6-16)14-21(15-23-24-17(2)13-18(3)25-23)26-20-9-11-22(27-4)12-10-20;1-9-4-6-12(7-5-9)18-13(15)19-14-16-10(2)8-11(3)17-14;1-9-6-10(2)18-13(17-9)19-12(14)16-8-11-4-3-5-15-7-11;/h5-19,28H,4,20-21H2,1-3H3,(H,34,35,36);5-17H,18-20H2,1-4H3;5-13H,14-15H2,1-4H3;4-8H,1-3H3,(H3,15,16,17,18,19);3-7H,8H2,1-2H3,(H3,14,16,17,18,19);1H4. The van der Waals surface area contributed by atoms with Crippen molar-refractivity contribution in [2.75, 3.05) is 17.7 Å². The first-order valence-electron chi connectivity index (χ1n) is 45.7. The molecule has 0 aliphatic rings. The molecule has 0 saturated heterocycles. The average Bonchev–Trinajstić information content (AvgIpc) is 0.813. The van der Waals surface area contributed by atoms with Crippen LogP contribution in [0.15, 0.2) is 315 Å². The Bertz CT molecular complexity index is 6700. The summed E-state index contributed by atoms with van der Waals surface area (Å²) in [4.78, 5) is 79.7. The highest BCUT2D eigenvalue weighted by molar-refractivity contribution is 7.90. The number of benzene rings is 9. The van der Waals surface area contributed by atoms with Crippen molar-refractivity contribution in [3.63, 3.8) is 0 Å². The summed E-state index contributed by atoms with van der Waals surface area (Å²) >= 11 is 0. The van der Waals surface area contributed by atoms with E-state index in [1.807, 2.05) is 290 Å². The van der Waals surface area contributed by atoms with Crippen molar-refractivity contribution < 1.29 is 27.4 Å². The summed E-state index contributed by atoms with van der Waals surface area (Å²) in [5.41, 5.74) is 35.5. The number of carbonyl (C=O) groups is 1. The molecule has 720 valence electrons. The molecule has 0 bridgehead atoms. The van der Waals surface area contributed by atoms with Gasteiger partial charge < -0.3 is 36.3 Å². The zero-order chi connectivity index (χ0) is 99.2. The number of amides is 1. The molecular weight excluding hydrogens is 1770 g/mol. The summed E-state index contributed by atoms with van der Waals surface area (Å²) in [7, 11) is -2.21. The third-order valence-electron chi connectivity index (χ3n) is 20.9. The van der Waals surface area contributed by atoms with Crippen LogP contribution in [0, 0.1) is 96.9 Å². The zero-order valence-electron chi connectivity index (χ0n) is 81.7. The van der Waals surface area contributed by atoms with E-state index in [1.54, 1.807) is 43.8 Å². The van der Waals surface area contributed by atoms with Crippen molar-refractivity contribution in [2.24, 2.45) is 35.8 Å². The number of anilines is 2. The molecule has 0 spiro atoms. The number of nitrogens with two attached hydrogens (primary N) is 2. The number of rotatable bonds is 29. The minimum Gasteiger partial charge on any atom is -0.497 e. The number of pyridine rings is 1. The normalized spacial score (nSPS) is 11.7. The van der Waals surface area contributed by atoms with Crippen molar-refractivity contribution in [3.8, 4) is 17.2 Å².